The number of hydrogen-bond acceptors (Lipinski definition) is 4. The molecule has 3 rings (SSSR count). The second-order valence-electron chi connectivity index (χ2n) is 7.87. The number of benzene rings is 2. The SMILES string of the molecule is CCc1cccc(CNC[C@@H](O)[C@H](Cc2cc(F)cc(F)c2)NC(=O)c2c[nH]cc2OC)c1. The Morgan fingerprint density at radius 2 is 1.82 bits per heavy atom. The lowest BCUT2D eigenvalue weighted by Crippen LogP contribution is -2.48. The number of carbonyl (C=O) groups excluding carboxylic acids is 1. The van der Waals surface area contributed by atoms with Crippen molar-refractivity contribution in [3.05, 3.63) is 88.7 Å². The molecule has 8 heteroatoms. The highest BCUT2D eigenvalue weighted by molar-refractivity contribution is 5.97. The van der Waals surface area contributed by atoms with Gasteiger partial charge in [-0.1, -0.05) is 31.2 Å². The van der Waals surface area contributed by atoms with Gasteiger partial charge in [0.25, 0.3) is 5.91 Å². The largest absolute Gasteiger partial charge is 0.494 e. The lowest BCUT2D eigenvalue weighted by atomic mass is 10.00. The van der Waals surface area contributed by atoms with Crippen LogP contribution in [-0.2, 0) is 19.4 Å². The summed E-state index contributed by atoms with van der Waals surface area (Å²) in [5.74, 6) is -1.55. The molecule has 1 amide bonds. The van der Waals surface area contributed by atoms with Gasteiger partial charge in [0.1, 0.15) is 17.4 Å². The van der Waals surface area contributed by atoms with Crippen molar-refractivity contribution in [2.75, 3.05) is 13.7 Å². The van der Waals surface area contributed by atoms with Gasteiger partial charge in [0, 0.05) is 31.5 Å². The molecule has 0 bridgehead atoms. The molecule has 0 aliphatic rings. The van der Waals surface area contributed by atoms with Crippen LogP contribution in [0.5, 0.6) is 5.75 Å². The number of aromatic amines is 1. The Balaban J connectivity index is 1.71. The van der Waals surface area contributed by atoms with Crippen molar-refractivity contribution in [2.24, 2.45) is 0 Å². The van der Waals surface area contributed by atoms with Gasteiger partial charge < -0.3 is 25.5 Å². The summed E-state index contributed by atoms with van der Waals surface area (Å²) in [5, 5.41) is 16.8. The van der Waals surface area contributed by atoms with E-state index in [9.17, 15) is 18.7 Å². The minimum atomic E-state index is -1.01. The van der Waals surface area contributed by atoms with E-state index < -0.39 is 29.7 Å². The topological polar surface area (TPSA) is 86.4 Å². The van der Waals surface area contributed by atoms with E-state index >= 15 is 0 Å². The molecule has 0 fully saturated rings. The fourth-order valence-corrected chi connectivity index (χ4v) is 3.67. The van der Waals surface area contributed by atoms with Gasteiger partial charge in [0.2, 0.25) is 0 Å². The van der Waals surface area contributed by atoms with Crippen LogP contribution in [0.15, 0.2) is 54.9 Å². The Hall–Kier alpha value is -3.23. The minimum absolute atomic E-state index is 0.0430. The number of methoxy groups -OCH3 is 1. The van der Waals surface area contributed by atoms with Gasteiger partial charge in [0.05, 0.1) is 24.8 Å². The van der Waals surface area contributed by atoms with Crippen molar-refractivity contribution in [2.45, 2.75) is 38.5 Å². The summed E-state index contributed by atoms with van der Waals surface area (Å²) in [4.78, 5) is 15.6. The number of aromatic nitrogens is 1. The Kier molecular flexibility index (Phi) is 8.57. The number of amides is 1. The average Bonchev–Trinajstić information content (AvgIpc) is 3.27. The molecule has 33 heavy (non-hydrogen) atoms. The molecular formula is C25H29F2N3O3. The molecule has 176 valence electrons. The van der Waals surface area contributed by atoms with Crippen LogP contribution in [0.2, 0.25) is 0 Å². The number of nitrogens with one attached hydrogen (secondary N) is 3. The van der Waals surface area contributed by atoms with E-state index in [-0.39, 0.29) is 18.5 Å². The molecule has 0 saturated carbocycles. The first-order valence-corrected chi connectivity index (χ1v) is 10.8. The molecule has 0 spiro atoms. The standard InChI is InChI=1S/C25H29F2N3O3/c1-3-16-5-4-6-17(7-16)12-28-14-23(31)22(10-18-8-19(26)11-20(27)9-18)30-25(32)21-13-29-15-24(21)33-2/h4-9,11,13,15,22-23,28-29,31H,3,10,12,14H2,1-2H3,(H,30,32)/t22-,23+/m0/s1. The molecule has 6 nitrogen and oxygen atoms in total. The normalized spacial score (nSPS) is 12.9. The Morgan fingerprint density at radius 1 is 1.09 bits per heavy atom. The van der Waals surface area contributed by atoms with E-state index in [0.29, 0.717) is 17.9 Å². The van der Waals surface area contributed by atoms with Crippen LogP contribution in [0.1, 0.15) is 34.0 Å². The fourth-order valence-electron chi connectivity index (χ4n) is 3.67. The third-order valence-corrected chi connectivity index (χ3v) is 5.41. The molecule has 3 aromatic rings. The van der Waals surface area contributed by atoms with E-state index in [1.807, 2.05) is 12.1 Å². The molecule has 0 aliphatic carbocycles. The van der Waals surface area contributed by atoms with Crippen LogP contribution < -0.4 is 15.4 Å². The highest BCUT2D eigenvalue weighted by Gasteiger charge is 2.24. The number of carbonyl (C=O) groups is 1. The van der Waals surface area contributed by atoms with Crippen molar-refractivity contribution in [3.63, 3.8) is 0 Å². The van der Waals surface area contributed by atoms with Gasteiger partial charge in [-0.2, -0.15) is 0 Å². The summed E-state index contributed by atoms with van der Waals surface area (Å²) in [5.41, 5.74) is 2.89. The third-order valence-electron chi connectivity index (χ3n) is 5.41. The first-order chi connectivity index (χ1) is 15.9. The first kappa shape index (κ1) is 24.4. The highest BCUT2D eigenvalue weighted by Crippen LogP contribution is 2.18. The number of ether oxygens (including phenoxy) is 1. The summed E-state index contributed by atoms with van der Waals surface area (Å²) in [6, 6.07) is 10.5. The highest BCUT2D eigenvalue weighted by atomic mass is 19.1. The summed E-state index contributed by atoms with van der Waals surface area (Å²) in [6.45, 7) is 2.79. The smallest absolute Gasteiger partial charge is 0.256 e. The predicted molar refractivity (Wildman–Crippen MR) is 122 cm³/mol. The third kappa shape index (κ3) is 6.87. The van der Waals surface area contributed by atoms with Crippen LogP contribution >= 0.6 is 0 Å². The van der Waals surface area contributed by atoms with Crippen molar-refractivity contribution >= 4 is 5.91 Å². The average molecular weight is 458 g/mol. The van der Waals surface area contributed by atoms with E-state index in [1.54, 1.807) is 0 Å². The Labute approximate surface area is 192 Å². The molecule has 0 aliphatic heterocycles. The van der Waals surface area contributed by atoms with Crippen LogP contribution in [0, 0.1) is 11.6 Å². The first-order valence-electron chi connectivity index (χ1n) is 10.8. The number of aliphatic hydroxyl groups is 1. The number of halogens is 2. The van der Waals surface area contributed by atoms with Crippen LogP contribution in [0.25, 0.3) is 0 Å². The number of aryl methyl sites for hydroxylation is 1. The number of rotatable bonds is 11. The maximum Gasteiger partial charge on any atom is 0.256 e. The molecule has 0 saturated heterocycles. The van der Waals surface area contributed by atoms with Crippen LogP contribution in [0.3, 0.4) is 0 Å². The van der Waals surface area contributed by atoms with E-state index in [2.05, 4.69) is 34.7 Å². The van der Waals surface area contributed by atoms with Crippen LogP contribution in [0.4, 0.5) is 8.78 Å². The second kappa shape index (κ2) is 11.6. The lowest BCUT2D eigenvalue weighted by Gasteiger charge is -2.25. The molecule has 1 heterocycles. The van der Waals surface area contributed by atoms with Gasteiger partial charge in [-0.3, -0.25) is 4.79 Å². The second-order valence-corrected chi connectivity index (χ2v) is 7.87. The van der Waals surface area contributed by atoms with Gasteiger partial charge in [-0.15, -0.1) is 0 Å². The Morgan fingerprint density at radius 3 is 2.52 bits per heavy atom. The zero-order valence-corrected chi connectivity index (χ0v) is 18.7. The van der Waals surface area contributed by atoms with Crippen molar-refractivity contribution < 1.29 is 23.4 Å². The van der Waals surface area contributed by atoms with E-state index in [1.165, 1.54) is 37.2 Å². The Bertz CT molecular complexity index is 1050. The van der Waals surface area contributed by atoms with Crippen LogP contribution in [-0.4, -0.2) is 41.8 Å². The number of aliphatic hydroxyl groups excluding tert-OH is 1. The van der Waals surface area contributed by atoms with Crippen molar-refractivity contribution in [1.82, 2.24) is 15.6 Å². The van der Waals surface area contributed by atoms with Crippen molar-refractivity contribution in [3.8, 4) is 5.75 Å². The van der Waals surface area contributed by atoms with Crippen molar-refractivity contribution in [1.29, 1.82) is 0 Å². The predicted octanol–water partition coefficient (Wildman–Crippen LogP) is 3.36. The zero-order valence-electron chi connectivity index (χ0n) is 18.7. The summed E-state index contributed by atoms with van der Waals surface area (Å²) >= 11 is 0. The summed E-state index contributed by atoms with van der Waals surface area (Å²) < 4.78 is 32.6. The van der Waals surface area contributed by atoms with Gasteiger partial charge in [-0.05, 0) is 41.7 Å². The van der Waals surface area contributed by atoms with E-state index in [0.717, 1.165) is 18.1 Å². The molecule has 0 unspecified atom stereocenters. The molecular weight excluding hydrogens is 428 g/mol. The molecule has 1 aromatic heterocycles. The van der Waals surface area contributed by atoms with Gasteiger partial charge in [0.15, 0.2) is 0 Å². The molecule has 4 N–H and O–H groups in total. The fraction of sp³-hybridized carbons (Fsp3) is 0.320. The summed E-state index contributed by atoms with van der Waals surface area (Å²) in [7, 11) is 1.44. The maximum atomic E-state index is 13.7. The van der Waals surface area contributed by atoms with Gasteiger partial charge in [-0.25, -0.2) is 8.78 Å². The summed E-state index contributed by atoms with van der Waals surface area (Å²) in [6.07, 6.45) is 2.98. The number of hydrogen-bond donors (Lipinski definition) is 4. The molecule has 2 aromatic carbocycles. The quantitative estimate of drug-likeness (QED) is 0.356. The number of H-pyrrole nitrogens is 1. The van der Waals surface area contributed by atoms with Gasteiger partial charge >= 0.3 is 0 Å². The monoisotopic (exact) mass is 457 g/mol. The lowest BCUT2D eigenvalue weighted by molar-refractivity contribution is 0.0827. The molecule has 2 atom stereocenters. The molecule has 0 radical (unpaired) electrons. The maximum absolute atomic E-state index is 13.7. The minimum Gasteiger partial charge on any atom is -0.494 e. The van der Waals surface area contributed by atoms with E-state index in [4.69, 9.17) is 4.74 Å². The zero-order chi connectivity index (χ0) is 23.8.